The second-order valence-electron chi connectivity index (χ2n) is 11.2. The molecule has 0 amide bonds. The minimum atomic E-state index is -0.984. The molecule has 0 saturated carbocycles. The number of fused-ring (bicyclic) bond motifs is 3. The SMILES string of the molecule is CCOC(Cc1ccc(SC/C=C/c2ccc3c(c2)Cc2cc(/C=C/CSc4ccc(OCC(=O)O)c(C)c4)ccc2-3)cc1)C(=O)O. The van der Waals surface area contributed by atoms with Gasteiger partial charge in [0.2, 0.25) is 0 Å². The molecule has 0 bridgehead atoms. The van der Waals surface area contributed by atoms with E-state index < -0.39 is 18.0 Å². The molecule has 1 aliphatic carbocycles. The van der Waals surface area contributed by atoms with Crippen molar-refractivity contribution in [3.63, 3.8) is 0 Å². The van der Waals surface area contributed by atoms with Crippen LogP contribution in [0, 0.1) is 6.92 Å². The maximum atomic E-state index is 11.4. The van der Waals surface area contributed by atoms with E-state index in [1.165, 1.54) is 33.4 Å². The summed E-state index contributed by atoms with van der Waals surface area (Å²) in [5.74, 6) is 0.349. The number of rotatable bonds is 16. The van der Waals surface area contributed by atoms with Crippen molar-refractivity contribution >= 4 is 47.6 Å². The molecule has 5 rings (SSSR count). The maximum absolute atomic E-state index is 11.4. The minimum absolute atomic E-state index is 0.339. The lowest BCUT2D eigenvalue weighted by molar-refractivity contribution is -0.150. The third-order valence-corrected chi connectivity index (χ3v) is 9.64. The summed E-state index contributed by atoms with van der Waals surface area (Å²) in [6.07, 6.45) is 9.17. The van der Waals surface area contributed by atoms with Gasteiger partial charge in [-0.05, 0) is 95.1 Å². The molecular formula is C39H38O6S2. The Morgan fingerprint density at radius 2 is 1.40 bits per heavy atom. The average Bonchev–Trinajstić information content (AvgIpc) is 3.42. The van der Waals surface area contributed by atoms with Crippen LogP contribution >= 0.6 is 23.5 Å². The lowest BCUT2D eigenvalue weighted by Crippen LogP contribution is -2.26. The number of ether oxygens (including phenoxy) is 2. The Hall–Kier alpha value is -4.24. The van der Waals surface area contributed by atoms with E-state index in [0.29, 0.717) is 18.8 Å². The zero-order chi connectivity index (χ0) is 33.2. The zero-order valence-corrected chi connectivity index (χ0v) is 28.1. The highest BCUT2D eigenvalue weighted by molar-refractivity contribution is 7.99. The Morgan fingerprint density at radius 3 is 1.96 bits per heavy atom. The molecule has 2 N–H and O–H groups in total. The van der Waals surface area contributed by atoms with Crippen molar-refractivity contribution in [1.29, 1.82) is 0 Å². The van der Waals surface area contributed by atoms with Crippen molar-refractivity contribution in [3.8, 4) is 16.9 Å². The van der Waals surface area contributed by atoms with E-state index in [-0.39, 0.29) is 6.61 Å². The maximum Gasteiger partial charge on any atom is 0.341 e. The third-order valence-electron chi connectivity index (χ3n) is 7.73. The van der Waals surface area contributed by atoms with Gasteiger partial charge in [0.1, 0.15) is 5.75 Å². The van der Waals surface area contributed by atoms with Crippen LogP contribution in [-0.2, 0) is 27.2 Å². The Bertz CT molecular complexity index is 1780. The van der Waals surface area contributed by atoms with Crippen LogP contribution in [0.2, 0.25) is 0 Å². The van der Waals surface area contributed by atoms with Gasteiger partial charge in [0, 0.05) is 34.3 Å². The topological polar surface area (TPSA) is 93.1 Å². The first-order valence-corrected chi connectivity index (χ1v) is 17.5. The molecule has 8 heteroatoms. The predicted molar refractivity (Wildman–Crippen MR) is 192 cm³/mol. The molecule has 1 aliphatic rings. The molecule has 0 aliphatic heterocycles. The van der Waals surface area contributed by atoms with Gasteiger partial charge in [-0.3, -0.25) is 0 Å². The molecule has 0 radical (unpaired) electrons. The van der Waals surface area contributed by atoms with Gasteiger partial charge in [0.25, 0.3) is 0 Å². The Balaban J connectivity index is 1.10. The van der Waals surface area contributed by atoms with Gasteiger partial charge in [-0.2, -0.15) is 0 Å². The van der Waals surface area contributed by atoms with Crippen LogP contribution in [-0.4, -0.2) is 53.0 Å². The van der Waals surface area contributed by atoms with E-state index >= 15 is 0 Å². The van der Waals surface area contributed by atoms with E-state index in [9.17, 15) is 14.7 Å². The van der Waals surface area contributed by atoms with Crippen LogP contribution in [0.25, 0.3) is 23.3 Å². The molecule has 4 aromatic carbocycles. The summed E-state index contributed by atoms with van der Waals surface area (Å²) in [7, 11) is 0. The number of aliphatic carboxylic acids is 2. The number of carboxylic acid groups (broad SMARTS) is 2. The molecular weight excluding hydrogens is 629 g/mol. The van der Waals surface area contributed by atoms with Crippen molar-refractivity contribution in [1.82, 2.24) is 0 Å². The number of benzene rings is 4. The zero-order valence-electron chi connectivity index (χ0n) is 26.5. The summed E-state index contributed by atoms with van der Waals surface area (Å²) >= 11 is 3.47. The van der Waals surface area contributed by atoms with E-state index in [4.69, 9.17) is 14.6 Å². The standard InChI is InChI=1S/C39H38O6S2/c1-3-44-37(39(42)43)23-29-8-12-32(13-9-29)46-18-4-6-27-10-15-34-30(21-27)24-31-22-28(11-16-35(31)34)7-5-19-47-33-14-17-36(26(2)20-33)45-25-38(40)41/h4-17,20-22,37H,3,18-19,23-25H2,1-2H3,(H,40,41)(H,42,43)/b6-4+,7-5+. The highest BCUT2D eigenvalue weighted by Crippen LogP contribution is 2.38. The number of thioether (sulfide) groups is 2. The number of carbonyl (C=O) groups is 2. The Morgan fingerprint density at radius 1 is 0.809 bits per heavy atom. The second kappa shape index (κ2) is 16.5. The summed E-state index contributed by atoms with van der Waals surface area (Å²) in [4.78, 5) is 24.4. The molecule has 0 aromatic heterocycles. The summed E-state index contributed by atoms with van der Waals surface area (Å²) in [6.45, 7) is 3.77. The van der Waals surface area contributed by atoms with Crippen molar-refractivity contribution in [2.75, 3.05) is 24.7 Å². The molecule has 6 nitrogen and oxygen atoms in total. The fourth-order valence-electron chi connectivity index (χ4n) is 5.48. The lowest BCUT2D eigenvalue weighted by atomic mass is 10.0. The van der Waals surface area contributed by atoms with Gasteiger partial charge in [-0.1, -0.05) is 72.8 Å². The second-order valence-corrected chi connectivity index (χ2v) is 13.4. The quantitative estimate of drug-likeness (QED) is 0.101. The fourth-order valence-corrected chi connectivity index (χ4v) is 7.01. The van der Waals surface area contributed by atoms with Crippen LogP contribution < -0.4 is 4.74 Å². The Kier molecular flexibility index (Phi) is 12.0. The van der Waals surface area contributed by atoms with Crippen LogP contribution in [0.4, 0.5) is 0 Å². The Labute approximate surface area is 284 Å². The predicted octanol–water partition coefficient (Wildman–Crippen LogP) is 8.67. The first-order valence-electron chi connectivity index (χ1n) is 15.5. The van der Waals surface area contributed by atoms with Crippen LogP contribution in [0.1, 0.15) is 40.3 Å². The average molecular weight is 667 g/mol. The summed E-state index contributed by atoms with van der Waals surface area (Å²) in [5.41, 5.74) is 9.55. The van der Waals surface area contributed by atoms with E-state index in [1.54, 1.807) is 30.4 Å². The monoisotopic (exact) mass is 666 g/mol. The molecule has 0 saturated heterocycles. The molecule has 47 heavy (non-hydrogen) atoms. The van der Waals surface area contributed by atoms with Crippen molar-refractivity contribution < 1.29 is 29.3 Å². The lowest BCUT2D eigenvalue weighted by Gasteiger charge is -2.12. The highest BCUT2D eigenvalue weighted by Gasteiger charge is 2.19. The van der Waals surface area contributed by atoms with Gasteiger partial charge in [0.15, 0.2) is 12.7 Å². The van der Waals surface area contributed by atoms with E-state index in [0.717, 1.165) is 38.8 Å². The van der Waals surface area contributed by atoms with E-state index in [1.807, 2.05) is 49.4 Å². The summed E-state index contributed by atoms with van der Waals surface area (Å²) in [5, 5.41) is 18.1. The molecule has 1 atom stereocenters. The van der Waals surface area contributed by atoms with Gasteiger partial charge in [-0.25, -0.2) is 9.59 Å². The number of hydrogen-bond acceptors (Lipinski definition) is 6. The van der Waals surface area contributed by atoms with Gasteiger partial charge < -0.3 is 19.7 Å². The van der Waals surface area contributed by atoms with Gasteiger partial charge in [0.05, 0.1) is 0 Å². The number of aryl methyl sites for hydroxylation is 1. The molecule has 0 fully saturated rings. The number of carboxylic acids is 2. The molecule has 0 spiro atoms. The van der Waals surface area contributed by atoms with E-state index in [2.05, 4.69) is 60.7 Å². The fraction of sp³-hybridized carbons (Fsp3) is 0.231. The summed E-state index contributed by atoms with van der Waals surface area (Å²) in [6, 6.07) is 27.2. The minimum Gasteiger partial charge on any atom is -0.482 e. The van der Waals surface area contributed by atoms with Crippen LogP contribution in [0.3, 0.4) is 0 Å². The molecule has 242 valence electrons. The van der Waals surface area contributed by atoms with Gasteiger partial charge >= 0.3 is 11.9 Å². The molecule has 0 heterocycles. The largest absolute Gasteiger partial charge is 0.482 e. The first-order chi connectivity index (χ1) is 22.8. The first kappa shape index (κ1) is 34.1. The third kappa shape index (κ3) is 9.64. The highest BCUT2D eigenvalue weighted by atomic mass is 32.2. The number of hydrogen-bond donors (Lipinski definition) is 2. The van der Waals surface area contributed by atoms with Crippen molar-refractivity contribution in [2.45, 2.75) is 42.6 Å². The summed E-state index contributed by atoms with van der Waals surface area (Å²) < 4.78 is 10.6. The van der Waals surface area contributed by atoms with Crippen molar-refractivity contribution in [3.05, 3.63) is 124 Å². The normalized spacial score (nSPS) is 12.7. The molecule has 4 aromatic rings. The van der Waals surface area contributed by atoms with Crippen molar-refractivity contribution in [2.24, 2.45) is 0 Å². The van der Waals surface area contributed by atoms with Crippen LogP contribution in [0.5, 0.6) is 5.75 Å². The van der Waals surface area contributed by atoms with Gasteiger partial charge in [-0.15, -0.1) is 23.5 Å². The smallest absolute Gasteiger partial charge is 0.341 e. The van der Waals surface area contributed by atoms with Crippen LogP contribution in [0.15, 0.2) is 101 Å². The molecule has 1 unspecified atom stereocenters.